The Kier molecular flexibility index (Phi) is 4.26. The molecule has 2 N–H and O–H groups in total. The molecule has 9 heteroatoms. The monoisotopic (exact) mass is 334 g/mol. The van der Waals surface area contributed by atoms with Gasteiger partial charge in [0.2, 0.25) is 15.8 Å². The van der Waals surface area contributed by atoms with Gasteiger partial charge in [0, 0.05) is 4.88 Å². The van der Waals surface area contributed by atoms with Crippen molar-refractivity contribution in [2.75, 3.05) is 0 Å². The van der Waals surface area contributed by atoms with Crippen LogP contribution in [0.15, 0.2) is 17.0 Å². The topological polar surface area (TPSA) is 82.3 Å². The van der Waals surface area contributed by atoms with Crippen LogP contribution in [0, 0.1) is 25.5 Å². The second-order valence-corrected chi connectivity index (χ2v) is 7.09. The number of nitrogens with zero attached hydrogens (tertiary/aromatic N) is 1. The molecule has 0 aliphatic carbocycles. The zero-order chi connectivity index (χ0) is 15.8. The van der Waals surface area contributed by atoms with Crippen molar-refractivity contribution in [3.05, 3.63) is 39.3 Å². The summed E-state index contributed by atoms with van der Waals surface area (Å²) in [6.07, 6.45) is 0. The summed E-state index contributed by atoms with van der Waals surface area (Å²) in [4.78, 5) is 4.29. The van der Waals surface area contributed by atoms with Crippen LogP contribution in [-0.2, 0) is 16.6 Å². The van der Waals surface area contributed by atoms with Crippen molar-refractivity contribution in [2.45, 2.75) is 25.3 Å². The number of halogens is 2. The maximum Gasteiger partial charge on any atom is 0.241 e. The molecule has 0 saturated heterocycles. The Morgan fingerprint density at radius 2 is 1.95 bits per heavy atom. The first-order chi connectivity index (χ1) is 9.70. The third kappa shape index (κ3) is 3.36. The second kappa shape index (κ2) is 5.66. The number of hydrogen-bond acceptors (Lipinski definition) is 5. The Bertz CT molecular complexity index is 769. The number of primary sulfonamides is 1. The largest absolute Gasteiger partial charge is 0.483 e. The van der Waals surface area contributed by atoms with Gasteiger partial charge in [0.25, 0.3) is 0 Å². The van der Waals surface area contributed by atoms with Crippen LogP contribution in [0.2, 0.25) is 0 Å². The molecule has 0 radical (unpaired) electrons. The van der Waals surface area contributed by atoms with E-state index in [1.165, 1.54) is 11.3 Å². The van der Waals surface area contributed by atoms with Crippen LogP contribution in [0.4, 0.5) is 8.78 Å². The molecule has 1 aromatic heterocycles. The highest BCUT2D eigenvalue weighted by molar-refractivity contribution is 7.89. The van der Waals surface area contributed by atoms with Crippen LogP contribution in [0.5, 0.6) is 5.75 Å². The number of hydrogen-bond donors (Lipinski definition) is 1. The fraction of sp³-hybridized carbons (Fsp3) is 0.250. The molecular formula is C12H12F2N2O3S2. The summed E-state index contributed by atoms with van der Waals surface area (Å²) in [5, 5.41) is 5.39. The Hall–Kier alpha value is -1.58. The summed E-state index contributed by atoms with van der Waals surface area (Å²) >= 11 is 1.38. The minimum absolute atomic E-state index is 0.0373. The summed E-state index contributed by atoms with van der Waals surface area (Å²) in [5.74, 6) is -3.35. The highest BCUT2D eigenvalue weighted by Gasteiger charge is 2.21. The van der Waals surface area contributed by atoms with Gasteiger partial charge in [-0.05, 0) is 26.0 Å². The standard InChI is InChI=1S/C12H12F2N2O3S2/c1-6-7(2)20-10(16-6)5-19-8-3-4-9(21(15,17)18)12(14)11(8)13/h3-4H,5H2,1-2H3,(H2,15,17,18). The first-order valence-corrected chi connectivity index (χ1v) is 8.13. The molecule has 1 heterocycles. The van der Waals surface area contributed by atoms with Gasteiger partial charge < -0.3 is 4.74 Å². The van der Waals surface area contributed by atoms with Gasteiger partial charge in [-0.2, -0.15) is 4.39 Å². The molecule has 1 aromatic carbocycles. The van der Waals surface area contributed by atoms with Crippen LogP contribution < -0.4 is 9.88 Å². The Morgan fingerprint density at radius 3 is 2.48 bits per heavy atom. The Labute approximate surface area is 124 Å². The van der Waals surface area contributed by atoms with E-state index >= 15 is 0 Å². The zero-order valence-electron chi connectivity index (χ0n) is 11.2. The average Bonchev–Trinajstić information content (AvgIpc) is 2.69. The van der Waals surface area contributed by atoms with Crippen molar-refractivity contribution in [3.63, 3.8) is 0 Å². The summed E-state index contributed by atoms with van der Waals surface area (Å²) in [7, 11) is -4.32. The fourth-order valence-electron chi connectivity index (χ4n) is 1.59. The van der Waals surface area contributed by atoms with Gasteiger partial charge in [0.05, 0.1) is 5.69 Å². The van der Waals surface area contributed by atoms with Crippen LogP contribution in [0.25, 0.3) is 0 Å². The quantitative estimate of drug-likeness (QED) is 0.930. The number of thiazole rings is 1. The number of aryl methyl sites for hydroxylation is 2. The first kappa shape index (κ1) is 15.8. The van der Waals surface area contributed by atoms with Crippen molar-refractivity contribution in [1.82, 2.24) is 4.98 Å². The molecule has 114 valence electrons. The van der Waals surface area contributed by atoms with Gasteiger partial charge in [0.1, 0.15) is 16.5 Å². The summed E-state index contributed by atoms with van der Waals surface area (Å²) in [6.45, 7) is 3.68. The van der Waals surface area contributed by atoms with E-state index in [1.54, 1.807) is 0 Å². The van der Waals surface area contributed by atoms with Crippen molar-refractivity contribution >= 4 is 21.4 Å². The number of nitrogens with two attached hydrogens (primary N) is 1. The van der Waals surface area contributed by atoms with Crippen LogP contribution in [0.3, 0.4) is 0 Å². The van der Waals surface area contributed by atoms with Crippen molar-refractivity contribution in [1.29, 1.82) is 0 Å². The van der Waals surface area contributed by atoms with Crippen LogP contribution in [-0.4, -0.2) is 13.4 Å². The Balaban J connectivity index is 2.24. The number of rotatable bonds is 4. The van der Waals surface area contributed by atoms with E-state index in [1.807, 2.05) is 13.8 Å². The minimum atomic E-state index is -4.32. The van der Waals surface area contributed by atoms with Gasteiger partial charge >= 0.3 is 0 Å². The van der Waals surface area contributed by atoms with E-state index < -0.39 is 32.3 Å². The fourth-order valence-corrected chi connectivity index (χ4v) is 3.03. The van der Waals surface area contributed by atoms with Gasteiger partial charge in [-0.15, -0.1) is 11.3 Å². The van der Waals surface area contributed by atoms with E-state index in [-0.39, 0.29) is 6.61 Å². The maximum absolute atomic E-state index is 13.7. The second-order valence-electron chi connectivity index (χ2n) is 4.27. The molecule has 0 unspecified atom stereocenters. The van der Waals surface area contributed by atoms with Crippen molar-refractivity contribution < 1.29 is 21.9 Å². The molecule has 5 nitrogen and oxygen atoms in total. The highest BCUT2D eigenvalue weighted by Crippen LogP contribution is 2.26. The van der Waals surface area contributed by atoms with Crippen LogP contribution in [0.1, 0.15) is 15.6 Å². The molecule has 0 aliphatic heterocycles. The molecule has 2 aromatic rings. The highest BCUT2D eigenvalue weighted by atomic mass is 32.2. The first-order valence-electron chi connectivity index (χ1n) is 5.76. The van der Waals surface area contributed by atoms with Crippen LogP contribution >= 0.6 is 11.3 Å². The number of ether oxygens (including phenoxy) is 1. The van der Waals surface area contributed by atoms with E-state index in [4.69, 9.17) is 9.88 Å². The third-order valence-electron chi connectivity index (χ3n) is 2.74. The normalized spacial score (nSPS) is 11.7. The predicted molar refractivity (Wildman–Crippen MR) is 73.7 cm³/mol. The lowest BCUT2D eigenvalue weighted by molar-refractivity contribution is 0.282. The molecular weight excluding hydrogens is 322 g/mol. The zero-order valence-corrected chi connectivity index (χ0v) is 12.8. The van der Waals surface area contributed by atoms with Gasteiger partial charge in [-0.25, -0.2) is 22.9 Å². The van der Waals surface area contributed by atoms with Crippen molar-refractivity contribution in [3.8, 4) is 5.75 Å². The SMILES string of the molecule is Cc1nc(COc2ccc(S(N)(=O)=O)c(F)c2F)sc1C. The van der Waals surface area contributed by atoms with E-state index in [0.29, 0.717) is 5.01 Å². The summed E-state index contributed by atoms with van der Waals surface area (Å²) < 4.78 is 54.6. The molecule has 0 saturated carbocycles. The smallest absolute Gasteiger partial charge is 0.241 e. The van der Waals surface area contributed by atoms with Gasteiger partial charge in [0.15, 0.2) is 11.6 Å². The lowest BCUT2D eigenvalue weighted by Gasteiger charge is -2.08. The van der Waals surface area contributed by atoms with E-state index in [0.717, 1.165) is 22.7 Å². The summed E-state index contributed by atoms with van der Waals surface area (Å²) in [6, 6.07) is 1.88. The molecule has 0 atom stereocenters. The molecule has 0 amide bonds. The third-order valence-corrected chi connectivity index (χ3v) is 4.72. The maximum atomic E-state index is 13.7. The molecule has 0 spiro atoms. The van der Waals surface area contributed by atoms with Crippen molar-refractivity contribution in [2.24, 2.45) is 5.14 Å². The number of sulfonamides is 1. The summed E-state index contributed by atoms with van der Waals surface area (Å²) in [5.41, 5.74) is 0.842. The average molecular weight is 334 g/mol. The Morgan fingerprint density at radius 1 is 1.29 bits per heavy atom. The lowest BCUT2D eigenvalue weighted by Crippen LogP contribution is -2.15. The molecule has 2 rings (SSSR count). The molecule has 0 aliphatic rings. The van der Waals surface area contributed by atoms with E-state index in [2.05, 4.69) is 4.98 Å². The molecule has 0 bridgehead atoms. The lowest BCUT2D eigenvalue weighted by atomic mass is 10.3. The number of benzene rings is 1. The minimum Gasteiger partial charge on any atom is -0.483 e. The number of aromatic nitrogens is 1. The van der Waals surface area contributed by atoms with Gasteiger partial charge in [-0.3, -0.25) is 0 Å². The van der Waals surface area contributed by atoms with Gasteiger partial charge in [-0.1, -0.05) is 0 Å². The van der Waals surface area contributed by atoms with E-state index in [9.17, 15) is 17.2 Å². The molecule has 0 fully saturated rings. The molecule has 21 heavy (non-hydrogen) atoms. The predicted octanol–water partition coefficient (Wildman–Crippen LogP) is 2.26.